The summed E-state index contributed by atoms with van der Waals surface area (Å²) in [5.74, 6) is 1.56. The maximum atomic E-state index is 12.8. The Balaban J connectivity index is 1.36. The van der Waals surface area contributed by atoms with Crippen LogP contribution in [0.3, 0.4) is 0 Å². The standard InChI is InChI=1S/C22H20N2O4/c25-17-8-4-7-15-21(17)19(27-23-15)10-9-16-22-18(26)11-14(12-20(22)28-24-16)13-5-2-1-3-6-13/h1-3,5-6,14H,4,7-12H2. The van der Waals surface area contributed by atoms with E-state index in [9.17, 15) is 9.59 Å². The second-order valence-corrected chi connectivity index (χ2v) is 7.57. The number of carbonyl (C=O) groups excluding carboxylic acids is 2. The van der Waals surface area contributed by atoms with Crippen LogP contribution in [-0.2, 0) is 25.7 Å². The highest BCUT2D eigenvalue weighted by Crippen LogP contribution is 2.34. The summed E-state index contributed by atoms with van der Waals surface area (Å²) in [6.45, 7) is 0. The lowest BCUT2D eigenvalue weighted by atomic mass is 9.81. The van der Waals surface area contributed by atoms with Crippen molar-refractivity contribution in [2.45, 2.75) is 50.9 Å². The molecule has 0 saturated carbocycles. The van der Waals surface area contributed by atoms with Gasteiger partial charge in [-0.3, -0.25) is 9.59 Å². The van der Waals surface area contributed by atoms with Crippen molar-refractivity contribution < 1.29 is 18.6 Å². The molecule has 3 aromatic rings. The Labute approximate surface area is 161 Å². The van der Waals surface area contributed by atoms with E-state index < -0.39 is 0 Å². The van der Waals surface area contributed by atoms with E-state index >= 15 is 0 Å². The molecule has 28 heavy (non-hydrogen) atoms. The molecule has 0 spiro atoms. The van der Waals surface area contributed by atoms with Gasteiger partial charge in [0.05, 0.1) is 22.5 Å². The van der Waals surface area contributed by atoms with Crippen LogP contribution in [0.4, 0.5) is 0 Å². The second kappa shape index (κ2) is 6.86. The minimum absolute atomic E-state index is 0.0713. The molecule has 1 unspecified atom stereocenters. The Morgan fingerprint density at radius 3 is 2.61 bits per heavy atom. The van der Waals surface area contributed by atoms with E-state index in [0.29, 0.717) is 60.4 Å². The molecular weight excluding hydrogens is 356 g/mol. The topological polar surface area (TPSA) is 86.2 Å². The van der Waals surface area contributed by atoms with Gasteiger partial charge in [0.15, 0.2) is 11.6 Å². The summed E-state index contributed by atoms with van der Waals surface area (Å²) in [7, 11) is 0. The van der Waals surface area contributed by atoms with Crippen LogP contribution in [0.2, 0.25) is 0 Å². The number of carbonyl (C=O) groups is 2. The van der Waals surface area contributed by atoms with Gasteiger partial charge in [0.25, 0.3) is 0 Å². The van der Waals surface area contributed by atoms with Gasteiger partial charge >= 0.3 is 0 Å². The number of ketones is 2. The van der Waals surface area contributed by atoms with Crippen molar-refractivity contribution in [3.05, 3.63) is 69.9 Å². The van der Waals surface area contributed by atoms with E-state index in [0.717, 1.165) is 24.1 Å². The molecule has 6 nitrogen and oxygen atoms in total. The van der Waals surface area contributed by atoms with Crippen molar-refractivity contribution in [2.75, 3.05) is 0 Å². The third-order valence-corrected chi connectivity index (χ3v) is 5.77. The van der Waals surface area contributed by atoms with Crippen molar-refractivity contribution in [1.29, 1.82) is 0 Å². The van der Waals surface area contributed by atoms with Crippen LogP contribution in [-0.4, -0.2) is 21.9 Å². The van der Waals surface area contributed by atoms with Crippen LogP contribution in [0.15, 0.2) is 39.4 Å². The molecule has 0 radical (unpaired) electrons. The fourth-order valence-electron chi connectivity index (χ4n) is 4.37. The summed E-state index contributed by atoms with van der Waals surface area (Å²) in [6, 6.07) is 10.0. The normalized spacial score (nSPS) is 18.8. The molecule has 6 heteroatoms. The molecular formula is C22H20N2O4. The zero-order valence-corrected chi connectivity index (χ0v) is 15.4. The first kappa shape index (κ1) is 17.1. The quantitative estimate of drug-likeness (QED) is 0.687. The first-order valence-corrected chi connectivity index (χ1v) is 9.77. The zero-order chi connectivity index (χ0) is 19.1. The first-order valence-electron chi connectivity index (χ1n) is 9.77. The molecule has 0 N–H and O–H groups in total. The Hall–Kier alpha value is -3.02. The highest BCUT2D eigenvalue weighted by atomic mass is 16.5. The molecule has 0 bridgehead atoms. The molecule has 142 valence electrons. The number of rotatable bonds is 4. The van der Waals surface area contributed by atoms with Gasteiger partial charge in [-0.05, 0) is 24.3 Å². The molecule has 2 heterocycles. The zero-order valence-electron chi connectivity index (χ0n) is 15.4. The van der Waals surface area contributed by atoms with Crippen molar-refractivity contribution in [2.24, 2.45) is 0 Å². The molecule has 5 rings (SSSR count). The Kier molecular flexibility index (Phi) is 4.19. The SMILES string of the molecule is O=C1CCCc2noc(CCc3noc4c3C(=O)CC(c3ccccc3)C4)c21. The average Bonchev–Trinajstić information content (AvgIpc) is 3.32. The summed E-state index contributed by atoms with van der Waals surface area (Å²) < 4.78 is 10.9. The van der Waals surface area contributed by atoms with E-state index in [4.69, 9.17) is 9.05 Å². The average molecular weight is 376 g/mol. The Bertz CT molecular complexity index is 1050. The lowest BCUT2D eigenvalue weighted by molar-refractivity contribution is 0.0954. The van der Waals surface area contributed by atoms with Crippen LogP contribution in [0.1, 0.15) is 74.4 Å². The molecule has 2 aromatic heterocycles. The predicted molar refractivity (Wildman–Crippen MR) is 99.5 cm³/mol. The van der Waals surface area contributed by atoms with Gasteiger partial charge in [-0.25, -0.2) is 0 Å². The summed E-state index contributed by atoms with van der Waals surface area (Å²) in [6.07, 6.45) is 4.27. The van der Waals surface area contributed by atoms with E-state index in [1.165, 1.54) is 0 Å². The highest BCUT2D eigenvalue weighted by molar-refractivity contribution is 6.00. The number of fused-ring (bicyclic) bond motifs is 2. The largest absolute Gasteiger partial charge is 0.360 e. The number of nitrogens with zero attached hydrogens (tertiary/aromatic N) is 2. The van der Waals surface area contributed by atoms with E-state index in [2.05, 4.69) is 10.3 Å². The van der Waals surface area contributed by atoms with Gasteiger partial charge < -0.3 is 9.05 Å². The van der Waals surface area contributed by atoms with Crippen LogP contribution in [0.25, 0.3) is 0 Å². The van der Waals surface area contributed by atoms with Gasteiger partial charge in [-0.1, -0.05) is 40.6 Å². The van der Waals surface area contributed by atoms with Gasteiger partial charge in [0.2, 0.25) is 0 Å². The summed E-state index contributed by atoms with van der Waals surface area (Å²) in [5, 5.41) is 8.21. The van der Waals surface area contributed by atoms with Crippen molar-refractivity contribution in [3.8, 4) is 0 Å². The second-order valence-electron chi connectivity index (χ2n) is 7.57. The minimum Gasteiger partial charge on any atom is -0.360 e. The molecule has 1 aromatic carbocycles. The molecule has 0 fully saturated rings. The molecule has 0 saturated heterocycles. The first-order chi connectivity index (χ1) is 13.7. The van der Waals surface area contributed by atoms with Gasteiger partial charge in [0.1, 0.15) is 11.5 Å². The highest BCUT2D eigenvalue weighted by Gasteiger charge is 2.33. The third kappa shape index (κ3) is 2.89. The number of aromatic nitrogens is 2. The minimum atomic E-state index is 0.0713. The van der Waals surface area contributed by atoms with Crippen molar-refractivity contribution in [1.82, 2.24) is 10.3 Å². The van der Waals surface area contributed by atoms with Crippen molar-refractivity contribution >= 4 is 11.6 Å². The number of hydrogen-bond acceptors (Lipinski definition) is 6. The molecule has 1 atom stereocenters. The maximum Gasteiger partial charge on any atom is 0.168 e. The smallest absolute Gasteiger partial charge is 0.168 e. The molecule has 0 amide bonds. The van der Waals surface area contributed by atoms with E-state index in [1.807, 2.05) is 30.3 Å². The summed E-state index contributed by atoms with van der Waals surface area (Å²) in [4.78, 5) is 25.0. The lowest BCUT2D eigenvalue weighted by Crippen LogP contribution is -2.18. The Morgan fingerprint density at radius 1 is 0.893 bits per heavy atom. The molecule has 2 aliphatic rings. The molecule has 0 aliphatic heterocycles. The lowest BCUT2D eigenvalue weighted by Gasteiger charge is -2.20. The monoisotopic (exact) mass is 376 g/mol. The van der Waals surface area contributed by atoms with Crippen LogP contribution in [0, 0.1) is 0 Å². The number of hydrogen-bond donors (Lipinski definition) is 0. The summed E-state index contributed by atoms with van der Waals surface area (Å²) >= 11 is 0. The predicted octanol–water partition coefficient (Wildman–Crippen LogP) is 3.88. The van der Waals surface area contributed by atoms with E-state index in [1.54, 1.807) is 0 Å². The number of benzene rings is 1. The fraction of sp³-hybridized carbons (Fsp3) is 0.364. The van der Waals surface area contributed by atoms with Crippen molar-refractivity contribution in [3.63, 3.8) is 0 Å². The van der Waals surface area contributed by atoms with Crippen LogP contribution in [0.5, 0.6) is 0 Å². The van der Waals surface area contributed by atoms with Gasteiger partial charge in [0, 0.05) is 32.1 Å². The van der Waals surface area contributed by atoms with E-state index in [-0.39, 0.29) is 17.5 Å². The van der Waals surface area contributed by atoms with Gasteiger partial charge in [-0.15, -0.1) is 0 Å². The Morgan fingerprint density at radius 2 is 1.75 bits per heavy atom. The third-order valence-electron chi connectivity index (χ3n) is 5.77. The fourth-order valence-corrected chi connectivity index (χ4v) is 4.37. The summed E-state index contributed by atoms with van der Waals surface area (Å²) in [5.41, 5.74) is 3.81. The number of aryl methyl sites for hydroxylation is 3. The van der Waals surface area contributed by atoms with Crippen LogP contribution < -0.4 is 0 Å². The van der Waals surface area contributed by atoms with Gasteiger partial charge in [-0.2, -0.15) is 0 Å². The van der Waals surface area contributed by atoms with Crippen LogP contribution >= 0.6 is 0 Å². The number of Topliss-reactive ketones (excluding diaryl/α,β-unsaturated/α-hetero) is 2. The maximum absolute atomic E-state index is 12.8. The molecule has 2 aliphatic carbocycles.